The number of hydrogen-bond acceptors (Lipinski definition) is 3. The summed E-state index contributed by atoms with van der Waals surface area (Å²) in [4.78, 5) is 24.9. The molecule has 6 heteroatoms. The summed E-state index contributed by atoms with van der Waals surface area (Å²) >= 11 is 0. The molecule has 5 nitrogen and oxygen atoms in total. The number of carbonyl (C=O) groups is 2. The third-order valence-electron chi connectivity index (χ3n) is 3.64. The molecule has 1 heterocycles. The van der Waals surface area contributed by atoms with Gasteiger partial charge in [0.15, 0.2) is 0 Å². The number of aliphatic hydroxyl groups excluding tert-OH is 1. The lowest BCUT2D eigenvalue weighted by Gasteiger charge is -2.36. The van der Waals surface area contributed by atoms with E-state index in [-0.39, 0.29) is 31.1 Å². The number of carbonyl (C=O) groups excluding carboxylic acids is 2. The number of nitrogens with zero attached hydrogens (tertiary/aromatic N) is 1. The summed E-state index contributed by atoms with van der Waals surface area (Å²) in [5.41, 5.74) is 5.69. The van der Waals surface area contributed by atoms with E-state index in [2.05, 4.69) is 0 Å². The average molecular weight is 293 g/mol. The van der Waals surface area contributed by atoms with Crippen LogP contribution < -0.4 is 5.73 Å². The molecule has 1 saturated heterocycles. The van der Waals surface area contributed by atoms with Crippen LogP contribution in [0.4, 0.5) is 4.39 Å². The number of piperidine rings is 1. The maximum Gasteiger partial charge on any atom is 0.240 e. The highest BCUT2D eigenvalue weighted by molar-refractivity contribution is 5.91. The van der Waals surface area contributed by atoms with Crippen molar-refractivity contribution in [1.29, 1.82) is 0 Å². The lowest BCUT2D eigenvalue weighted by molar-refractivity contribution is -0.140. The molecular formula is C15H18FN2O3. The molecule has 1 aromatic rings. The molecule has 0 aliphatic carbocycles. The first-order valence-corrected chi connectivity index (χ1v) is 6.83. The van der Waals surface area contributed by atoms with E-state index < -0.39 is 18.1 Å². The number of rotatable bonds is 4. The van der Waals surface area contributed by atoms with Gasteiger partial charge in [-0.25, -0.2) is 4.39 Å². The molecule has 1 fully saturated rings. The molecule has 1 aromatic carbocycles. The smallest absolute Gasteiger partial charge is 0.240 e. The molecule has 0 saturated carbocycles. The predicted octanol–water partition coefficient (Wildman–Crippen LogP) is 0.410. The second-order valence-corrected chi connectivity index (χ2v) is 5.13. The number of likely N-dealkylation sites (tertiary alicyclic amines) is 1. The first-order valence-electron chi connectivity index (χ1n) is 6.83. The second kappa shape index (κ2) is 6.67. The number of hydrogen-bond donors (Lipinski definition) is 2. The quantitative estimate of drug-likeness (QED) is 0.843. The van der Waals surface area contributed by atoms with E-state index in [0.29, 0.717) is 12.0 Å². The van der Waals surface area contributed by atoms with Gasteiger partial charge in [0.2, 0.25) is 11.8 Å². The van der Waals surface area contributed by atoms with Crippen molar-refractivity contribution in [2.45, 2.75) is 31.4 Å². The molecule has 2 amide bonds. The Hall–Kier alpha value is -1.95. The number of nitrogens with two attached hydrogens (primary N) is 1. The van der Waals surface area contributed by atoms with E-state index in [0.717, 1.165) is 0 Å². The topological polar surface area (TPSA) is 83.6 Å². The van der Waals surface area contributed by atoms with Crippen LogP contribution in [0.15, 0.2) is 24.3 Å². The van der Waals surface area contributed by atoms with Gasteiger partial charge in [-0.1, -0.05) is 18.2 Å². The third kappa shape index (κ3) is 3.78. The van der Waals surface area contributed by atoms with Gasteiger partial charge in [-0.3, -0.25) is 9.59 Å². The van der Waals surface area contributed by atoms with Gasteiger partial charge in [0.25, 0.3) is 0 Å². The Kier molecular flexibility index (Phi) is 4.90. The van der Waals surface area contributed by atoms with Crippen LogP contribution >= 0.6 is 0 Å². The van der Waals surface area contributed by atoms with E-state index in [1.165, 1.54) is 17.4 Å². The number of amides is 2. The third-order valence-corrected chi connectivity index (χ3v) is 3.64. The van der Waals surface area contributed by atoms with Crippen molar-refractivity contribution in [2.24, 2.45) is 5.73 Å². The standard InChI is InChI=1S/C15H18FN2O3/c16-12-4-2-1-3-10(12)5-6-14(20)18-8-7-11(19)9-13(18)15(17)21/h1-4,6,11,13,19H,5,7-9H2,(H2,17,21). The number of primary amides is 1. The summed E-state index contributed by atoms with van der Waals surface area (Å²) in [7, 11) is 0. The fraction of sp³-hybridized carbons (Fsp3) is 0.400. The Morgan fingerprint density at radius 2 is 2.14 bits per heavy atom. The summed E-state index contributed by atoms with van der Waals surface area (Å²) in [6.45, 7) is 0.265. The highest BCUT2D eigenvalue weighted by Gasteiger charge is 2.34. The van der Waals surface area contributed by atoms with E-state index in [9.17, 15) is 19.1 Å². The van der Waals surface area contributed by atoms with Crippen molar-refractivity contribution in [3.05, 3.63) is 42.1 Å². The fourth-order valence-corrected chi connectivity index (χ4v) is 2.46. The summed E-state index contributed by atoms with van der Waals surface area (Å²) in [5, 5.41) is 9.57. The van der Waals surface area contributed by atoms with Gasteiger partial charge < -0.3 is 15.7 Å². The number of benzene rings is 1. The Balaban J connectivity index is 1.99. The molecule has 0 bridgehead atoms. The molecule has 113 valence electrons. The first-order chi connectivity index (χ1) is 9.99. The molecule has 3 N–H and O–H groups in total. The minimum atomic E-state index is -0.807. The maximum absolute atomic E-state index is 13.5. The van der Waals surface area contributed by atoms with Crippen LogP contribution in [0.25, 0.3) is 0 Å². The molecule has 1 aliphatic rings. The summed E-state index contributed by atoms with van der Waals surface area (Å²) in [6.07, 6.45) is 1.41. The predicted molar refractivity (Wildman–Crippen MR) is 74.3 cm³/mol. The molecule has 1 aliphatic heterocycles. The van der Waals surface area contributed by atoms with Gasteiger partial charge in [-0.2, -0.15) is 0 Å². The Morgan fingerprint density at radius 1 is 1.43 bits per heavy atom. The molecule has 0 spiro atoms. The normalized spacial score (nSPS) is 22.1. The Morgan fingerprint density at radius 3 is 2.81 bits per heavy atom. The monoisotopic (exact) mass is 293 g/mol. The van der Waals surface area contributed by atoms with Gasteiger partial charge in [0.1, 0.15) is 11.9 Å². The molecule has 2 rings (SSSR count). The van der Waals surface area contributed by atoms with Crippen molar-refractivity contribution >= 4 is 11.8 Å². The van der Waals surface area contributed by atoms with E-state index >= 15 is 0 Å². The lowest BCUT2D eigenvalue weighted by atomic mass is 9.98. The summed E-state index contributed by atoms with van der Waals surface area (Å²) < 4.78 is 13.5. The van der Waals surface area contributed by atoms with Crippen LogP contribution in [0.5, 0.6) is 0 Å². The fourth-order valence-electron chi connectivity index (χ4n) is 2.46. The van der Waals surface area contributed by atoms with Crippen LogP contribution in [0.1, 0.15) is 18.4 Å². The zero-order valence-corrected chi connectivity index (χ0v) is 11.5. The second-order valence-electron chi connectivity index (χ2n) is 5.13. The van der Waals surface area contributed by atoms with Crippen molar-refractivity contribution < 1.29 is 19.1 Å². The minimum absolute atomic E-state index is 0.147. The van der Waals surface area contributed by atoms with Gasteiger partial charge in [0.05, 0.1) is 12.5 Å². The average Bonchev–Trinajstić information content (AvgIpc) is 2.46. The van der Waals surface area contributed by atoms with Gasteiger partial charge in [0, 0.05) is 13.0 Å². The first kappa shape index (κ1) is 15.4. The summed E-state index contributed by atoms with van der Waals surface area (Å²) in [5.74, 6) is -1.38. The molecule has 2 unspecified atom stereocenters. The van der Waals surface area contributed by atoms with Crippen LogP contribution in [0.2, 0.25) is 0 Å². The largest absolute Gasteiger partial charge is 0.393 e. The Labute approximate surface area is 122 Å². The number of aliphatic hydroxyl groups is 1. The maximum atomic E-state index is 13.5. The molecule has 1 radical (unpaired) electrons. The minimum Gasteiger partial charge on any atom is -0.393 e. The zero-order valence-electron chi connectivity index (χ0n) is 11.5. The van der Waals surface area contributed by atoms with Crippen molar-refractivity contribution in [3.63, 3.8) is 0 Å². The SMILES string of the molecule is NC(=O)C1CC(O)CCN1C(=O)[CH]Cc1ccccc1F. The van der Waals surface area contributed by atoms with E-state index in [1.807, 2.05) is 0 Å². The van der Waals surface area contributed by atoms with Gasteiger partial charge in [-0.15, -0.1) is 0 Å². The number of halogens is 1. The van der Waals surface area contributed by atoms with Crippen LogP contribution in [0.3, 0.4) is 0 Å². The van der Waals surface area contributed by atoms with Crippen molar-refractivity contribution in [2.75, 3.05) is 6.54 Å². The van der Waals surface area contributed by atoms with Crippen LogP contribution in [0, 0.1) is 12.2 Å². The van der Waals surface area contributed by atoms with Crippen LogP contribution in [-0.2, 0) is 16.0 Å². The van der Waals surface area contributed by atoms with E-state index in [4.69, 9.17) is 5.73 Å². The molecule has 2 atom stereocenters. The highest BCUT2D eigenvalue weighted by atomic mass is 19.1. The van der Waals surface area contributed by atoms with Crippen molar-refractivity contribution in [1.82, 2.24) is 4.90 Å². The zero-order chi connectivity index (χ0) is 15.4. The lowest BCUT2D eigenvalue weighted by Crippen LogP contribution is -2.53. The van der Waals surface area contributed by atoms with Gasteiger partial charge in [-0.05, 0) is 24.5 Å². The van der Waals surface area contributed by atoms with Crippen molar-refractivity contribution in [3.8, 4) is 0 Å². The van der Waals surface area contributed by atoms with Crippen LogP contribution in [-0.4, -0.2) is 40.5 Å². The Bertz CT molecular complexity index is 535. The molecule has 0 aromatic heterocycles. The molecule has 21 heavy (non-hydrogen) atoms. The summed E-state index contributed by atoms with van der Waals surface area (Å²) in [6, 6.07) is 5.40. The molecular weight excluding hydrogens is 275 g/mol. The van der Waals surface area contributed by atoms with Gasteiger partial charge >= 0.3 is 0 Å². The van der Waals surface area contributed by atoms with E-state index in [1.54, 1.807) is 18.2 Å². The highest BCUT2D eigenvalue weighted by Crippen LogP contribution is 2.19.